The summed E-state index contributed by atoms with van der Waals surface area (Å²) in [5, 5.41) is -0.981. The van der Waals surface area contributed by atoms with E-state index in [0.717, 1.165) is 18.4 Å². The average Bonchev–Trinajstić information content (AvgIpc) is 3.10. The van der Waals surface area contributed by atoms with Gasteiger partial charge in [0, 0.05) is 5.88 Å². The molecule has 2 aromatic carbocycles. The second-order valence-corrected chi connectivity index (χ2v) is 9.25. The maximum atomic E-state index is 13.4. The number of sulfone groups is 1. The first-order chi connectivity index (χ1) is 13.6. The van der Waals surface area contributed by atoms with Crippen molar-refractivity contribution in [3.8, 4) is 0 Å². The van der Waals surface area contributed by atoms with Crippen LogP contribution in [0.5, 0.6) is 0 Å². The molecule has 0 N–H and O–H groups in total. The molecular weight excluding hydrogens is 398 g/mol. The van der Waals surface area contributed by atoms with Crippen LogP contribution in [0.1, 0.15) is 37.3 Å². The molecule has 0 bridgehead atoms. The molecule has 0 radical (unpaired) electrons. The molecule has 0 saturated carbocycles. The van der Waals surface area contributed by atoms with Crippen molar-refractivity contribution in [1.82, 2.24) is 4.90 Å². The molecule has 0 spiro atoms. The maximum absolute atomic E-state index is 13.4. The molecule has 1 saturated heterocycles. The standard InChI is InChI=1S/C21H24ClNO4S/c22-15-9-3-8-14-20(28(25,26)18-12-6-2-7-13-18)23-19(16-27-21(23)24)17-10-4-1-5-11-17/h1-2,4-7,10-13,19-20H,3,8-9,14-16H2/t19-,20-/m0/s1. The van der Waals surface area contributed by atoms with E-state index in [1.807, 2.05) is 30.3 Å². The SMILES string of the molecule is O=C1OC[C@@H](c2ccccc2)N1[C@H](CCCCCCl)S(=O)(=O)c1ccccc1. The molecule has 1 fully saturated rings. The van der Waals surface area contributed by atoms with Crippen LogP contribution in [0.2, 0.25) is 0 Å². The number of hydrogen-bond acceptors (Lipinski definition) is 4. The van der Waals surface area contributed by atoms with Crippen LogP contribution in [0.3, 0.4) is 0 Å². The van der Waals surface area contributed by atoms with Gasteiger partial charge in [-0.05, 0) is 30.5 Å². The number of rotatable bonds is 9. The van der Waals surface area contributed by atoms with Gasteiger partial charge in [0.25, 0.3) is 0 Å². The average molecular weight is 422 g/mol. The Morgan fingerprint density at radius 1 is 1.00 bits per heavy atom. The van der Waals surface area contributed by atoms with Crippen molar-refractivity contribution in [2.24, 2.45) is 0 Å². The van der Waals surface area contributed by atoms with Crippen molar-refractivity contribution in [2.45, 2.75) is 42.0 Å². The van der Waals surface area contributed by atoms with Gasteiger partial charge in [-0.25, -0.2) is 13.2 Å². The van der Waals surface area contributed by atoms with Crippen LogP contribution in [0.4, 0.5) is 4.79 Å². The lowest BCUT2D eigenvalue weighted by Gasteiger charge is -2.30. The molecule has 2 atom stereocenters. The molecular formula is C21H24ClNO4S. The lowest BCUT2D eigenvalue weighted by molar-refractivity contribution is 0.152. The third-order valence-corrected chi connectivity index (χ3v) is 7.30. The Hall–Kier alpha value is -2.05. The normalized spacial score (nSPS) is 18.1. The van der Waals surface area contributed by atoms with Crippen molar-refractivity contribution in [2.75, 3.05) is 12.5 Å². The third kappa shape index (κ3) is 4.50. The number of halogens is 1. The summed E-state index contributed by atoms with van der Waals surface area (Å²) in [4.78, 5) is 14.2. The number of cyclic esters (lactones) is 1. The fourth-order valence-electron chi connectivity index (χ4n) is 3.48. The van der Waals surface area contributed by atoms with Crippen molar-refractivity contribution < 1.29 is 17.9 Å². The molecule has 150 valence electrons. The zero-order valence-electron chi connectivity index (χ0n) is 15.5. The Balaban J connectivity index is 1.96. The summed E-state index contributed by atoms with van der Waals surface area (Å²) >= 11 is 5.75. The van der Waals surface area contributed by atoms with Gasteiger partial charge < -0.3 is 4.74 Å². The number of ether oxygens (including phenoxy) is 1. The van der Waals surface area contributed by atoms with Crippen molar-refractivity contribution >= 4 is 27.5 Å². The van der Waals surface area contributed by atoms with E-state index in [-0.39, 0.29) is 11.5 Å². The highest BCUT2D eigenvalue weighted by molar-refractivity contribution is 7.92. The van der Waals surface area contributed by atoms with Gasteiger partial charge >= 0.3 is 6.09 Å². The zero-order valence-corrected chi connectivity index (χ0v) is 17.1. The van der Waals surface area contributed by atoms with Gasteiger partial charge in [0.2, 0.25) is 0 Å². The summed E-state index contributed by atoms with van der Waals surface area (Å²) in [5.41, 5.74) is 0.863. The predicted molar refractivity (Wildman–Crippen MR) is 109 cm³/mol. The molecule has 1 heterocycles. The van der Waals surface area contributed by atoms with Crippen LogP contribution in [0, 0.1) is 0 Å². The molecule has 0 aliphatic carbocycles. The number of amides is 1. The van der Waals surface area contributed by atoms with Crippen molar-refractivity contribution in [1.29, 1.82) is 0 Å². The molecule has 0 unspecified atom stereocenters. The molecule has 3 rings (SSSR count). The van der Waals surface area contributed by atoms with Crippen LogP contribution >= 0.6 is 11.6 Å². The van der Waals surface area contributed by atoms with E-state index in [2.05, 4.69) is 0 Å². The van der Waals surface area contributed by atoms with Crippen molar-refractivity contribution in [3.05, 3.63) is 66.2 Å². The summed E-state index contributed by atoms with van der Waals surface area (Å²) in [6.45, 7) is 0.144. The summed E-state index contributed by atoms with van der Waals surface area (Å²) in [6.07, 6.45) is 2.03. The lowest BCUT2D eigenvalue weighted by atomic mass is 10.1. The molecule has 2 aromatic rings. The van der Waals surface area contributed by atoms with Crippen LogP contribution in [-0.4, -0.2) is 37.3 Å². The van der Waals surface area contributed by atoms with E-state index < -0.39 is 27.3 Å². The summed E-state index contributed by atoms with van der Waals surface area (Å²) in [5.74, 6) is 0.536. The Morgan fingerprint density at radius 3 is 2.29 bits per heavy atom. The fraction of sp³-hybridized carbons (Fsp3) is 0.381. The Labute approximate surface area is 171 Å². The van der Waals surface area contributed by atoms with Crippen LogP contribution < -0.4 is 0 Å². The lowest BCUT2D eigenvalue weighted by Crippen LogP contribution is -2.43. The van der Waals surface area contributed by atoms with Gasteiger partial charge in [0.15, 0.2) is 9.84 Å². The number of carbonyl (C=O) groups is 1. The molecule has 7 heteroatoms. The van der Waals surface area contributed by atoms with Gasteiger partial charge in [-0.15, -0.1) is 11.6 Å². The first-order valence-corrected chi connectivity index (χ1v) is 11.5. The molecule has 1 aliphatic heterocycles. The summed E-state index contributed by atoms with van der Waals surface area (Å²) in [7, 11) is -3.75. The number of alkyl halides is 1. The fourth-order valence-corrected chi connectivity index (χ4v) is 5.53. The highest BCUT2D eigenvalue weighted by Gasteiger charge is 2.44. The highest BCUT2D eigenvalue weighted by atomic mass is 35.5. The first kappa shape index (κ1) is 20.7. The highest BCUT2D eigenvalue weighted by Crippen LogP contribution is 2.35. The molecule has 1 aliphatic rings. The number of carbonyl (C=O) groups excluding carboxylic acids is 1. The quantitative estimate of drug-likeness (QED) is 0.431. The molecule has 0 aromatic heterocycles. The Kier molecular flexibility index (Phi) is 6.97. The predicted octanol–water partition coefficient (Wildman–Crippen LogP) is 4.78. The van der Waals surface area contributed by atoms with E-state index in [0.29, 0.717) is 18.7 Å². The number of hydrogen-bond donors (Lipinski definition) is 0. The smallest absolute Gasteiger partial charge is 0.411 e. The second-order valence-electron chi connectivity index (χ2n) is 6.76. The van der Waals surface area contributed by atoms with E-state index in [9.17, 15) is 13.2 Å². The first-order valence-electron chi connectivity index (χ1n) is 9.40. The van der Waals surface area contributed by atoms with Crippen LogP contribution in [-0.2, 0) is 14.6 Å². The van der Waals surface area contributed by atoms with Gasteiger partial charge in [0.05, 0.1) is 10.9 Å². The Morgan fingerprint density at radius 2 is 1.64 bits per heavy atom. The van der Waals surface area contributed by atoms with Crippen LogP contribution in [0.15, 0.2) is 65.6 Å². The van der Waals surface area contributed by atoms with Gasteiger partial charge in [0.1, 0.15) is 12.0 Å². The topological polar surface area (TPSA) is 63.7 Å². The summed E-state index contributed by atoms with van der Waals surface area (Å²) < 4.78 is 32.1. The van der Waals surface area contributed by atoms with E-state index in [4.69, 9.17) is 16.3 Å². The second kappa shape index (κ2) is 9.43. The monoisotopic (exact) mass is 421 g/mol. The number of nitrogens with zero attached hydrogens (tertiary/aromatic N) is 1. The van der Waals surface area contributed by atoms with E-state index in [1.54, 1.807) is 30.3 Å². The molecule has 1 amide bonds. The van der Waals surface area contributed by atoms with E-state index in [1.165, 1.54) is 4.90 Å². The minimum atomic E-state index is -3.75. The van der Waals surface area contributed by atoms with Crippen LogP contribution in [0.25, 0.3) is 0 Å². The van der Waals surface area contributed by atoms with E-state index >= 15 is 0 Å². The summed E-state index contributed by atoms with van der Waals surface area (Å²) in [6, 6.07) is 17.3. The number of benzene rings is 2. The third-order valence-electron chi connectivity index (χ3n) is 4.92. The minimum absolute atomic E-state index is 0.144. The number of unbranched alkanes of at least 4 members (excludes halogenated alkanes) is 2. The van der Waals surface area contributed by atoms with Gasteiger partial charge in [-0.3, -0.25) is 4.90 Å². The maximum Gasteiger partial charge on any atom is 0.411 e. The van der Waals surface area contributed by atoms with Gasteiger partial charge in [-0.2, -0.15) is 0 Å². The Bertz CT molecular complexity index is 874. The molecule has 5 nitrogen and oxygen atoms in total. The van der Waals surface area contributed by atoms with Gasteiger partial charge in [-0.1, -0.05) is 61.4 Å². The molecule has 28 heavy (non-hydrogen) atoms. The largest absolute Gasteiger partial charge is 0.447 e. The minimum Gasteiger partial charge on any atom is -0.447 e. The zero-order chi connectivity index (χ0) is 20.0. The van der Waals surface area contributed by atoms with Crippen molar-refractivity contribution in [3.63, 3.8) is 0 Å².